The molecule has 7 heteroatoms. The van der Waals surface area contributed by atoms with Crippen LogP contribution in [0.15, 0.2) is 60.4 Å². The molecule has 7 nitrogen and oxygen atoms in total. The molecule has 0 aliphatic rings. The molecule has 1 amide bonds. The van der Waals surface area contributed by atoms with Crippen molar-refractivity contribution < 1.29 is 9.59 Å². The lowest BCUT2D eigenvalue weighted by Crippen LogP contribution is -2.14. The summed E-state index contributed by atoms with van der Waals surface area (Å²) < 4.78 is 0. The van der Waals surface area contributed by atoms with Gasteiger partial charge in [0.1, 0.15) is 11.6 Å². The van der Waals surface area contributed by atoms with Gasteiger partial charge in [-0.05, 0) is 37.3 Å². The van der Waals surface area contributed by atoms with Gasteiger partial charge < -0.3 is 10.6 Å². The first-order chi connectivity index (χ1) is 12.6. The summed E-state index contributed by atoms with van der Waals surface area (Å²) in [6.07, 6.45) is 3.04. The van der Waals surface area contributed by atoms with Crippen molar-refractivity contribution in [2.45, 2.75) is 6.92 Å². The highest BCUT2D eigenvalue weighted by Gasteiger charge is 2.10. The molecule has 0 spiro atoms. The number of ketones is 1. The van der Waals surface area contributed by atoms with E-state index >= 15 is 0 Å². The molecule has 0 fully saturated rings. The maximum Gasteiger partial charge on any atom is 0.267 e. The van der Waals surface area contributed by atoms with Crippen molar-refractivity contribution >= 4 is 34.0 Å². The molecule has 3 rings (SSSR count). The Morgan fingerprint density at radius 3 is 2.81 bits per heavy atom. The average molecular weight is 345 g/mol. The Balaban J connectivity index is 1.73. The molecule has 3 N–H and O–H groups in total. The number of anilines is 2. The smallest absolute Gasteiger partial charge is 0.267 e. The fourth-order valence-corrected chi connectivity index (χ4v) is 2.35. The van der Waals surface area contributed by atoms with Crippen LogP contribution in [0.5, 0.6) is 0 Å². The van der Waals surface area contributed by atoms with Crippen molar-refractivity contribution in [1.82, 2.24) is 10.2 Å². The number of nitrogens with one attached hydrogen (secondary N) is 3. The molecule has 1 heterocycles. The Kier molecular flexibility index (Phi) is 4.76. The number of hydrogen-bond acceptors (Lipinski definition) is 5. The molecule has 0 saturated carbocycles. The largest absolute Gasteiger partial charge is 0.360 e. The minimum Gasteiger partial charge on any atom is -0.360 e. The van der Waals surface area contributed by atoms with Crippen LogP contribution < -0.4 is 10.6 Å². The van der Waals surface area contributed by atoms with Crippen LogP contribution in [-0.2, 0) is 4.79 Å². The molecule has 0 radical (unpaired) electrons. The van der Waals surface area contributed by atoms with E-state index in [1.165, 1.54) is 13.1 Å². The molecule has 2 aromatic carbocycles. The number of Topliss-reactive ketones (excluding diaryl/α,β-unsaturated/α-hetero) is 1. The van der Waals surface area contributed by atoms with Gasteiger partial charge in [-0.3, -0.25) is 14.7 Å². The number of nitrogens with zero attached hydrogens (tertiary/aromatic N) is 2. The summed E-state index contributed by atoms with van der Waals surface area (Å²) in [5.41, 5.74) is 2.38. The summed E-state index contributed by atoms with van der Waals surface area (Å²) in [5.74, 6) is -0.670. The van der Waals surface area contributed by atoms with E-state index in [9.17, 15) is 14.9 Å². The van der Waals surface area contributed by atoms with Gasteiger partial charge in [-0.2, -0.15) is 10.4 Å². The first-order valence-electron chi connectivity index (χ1n) is 7.79. The Hall–Kier alpha value is -3.92. The molecule has 0 aliphatic carbocycles. The molecule has 0 saturated heterocycles. The summed E-state index contributed by atoms with van der Waals surface area (Å²) >= 11 is 0. The van der Waals surface area contributed by atoms with Gasteiger partial charge in [0.15, 0.2) is 5.78 Å². The number of carbonyl (C=O) groups is 2. The molecule has 0 atom stereocenters. The van der Waals surface area contributed by atoms with Crippen molar-refractivity contribution in [3.05, 3.63) is 66.0 Å². The van der Waals surface area contributed by atoms with Crippen LogP contribution in [0.3, 0.4) is 0 Å². The van der Waals surface area contributed by atoms with Crippen LogP contribution in [0.4, 0.5) is 11.4 Å². The Morgan fingerprint density at radius 2 is 2.04 bits per heavy atom. The lowest BCUT2D eigenvalue weighted by Gasteiger charge is -2.06. The van der Waals surface area contributed by atoms with Gasteiger partial charge >= 0.3 is 0 Å². The second kappa shape index (κ2) is 7.32. The van der Waals surface area contributed by atoms with Crippen LogP contribution in [-0.4, -0.2) is 21.9 Å². The van der Waals surface area contributed by atoms with E-state index in [-0.39, 0.29) is 11.4 Å². The zero-order chi connectivity index (χ0) is 18.5. The number of nitriles is 1. The minimum absolute atomic E-state index is 0.0945. The number of benzene rings is 2. The molecule has 3 aromatic rings. The van der Waals surface area contributed by atoms with Crippen LogP contribution >= 0.6 is 0 Å². The summed E-state index contributed by atoms with van der Waals surface area (Å²) in [6, 6.07) is 13.9. The first-order valence-corrected chi connectivity index (χ1v) is 7.79. The SMILES string of the molecule is CC(=O)c1cccc(NC(=O)/C(C#N)=C\Nc2ccc3cn[nH]c3c2)c1. The quantitative estimate of drug-likeness (QED) is 0.373. The maximum atomic E-state index is 12.3. The van der Waals surface area contributed by atoms with Crippen molar-refractivity contribution in [2.24, 2.45) is 0 Å². The average Bonchev–Trinajstić information content (AvgIpc) is 3.10. The number of H-pyrrole nitrogens is 1. The molecule has 26 heavy (non-hydrogen) atoms. The van der Waals surface area contributed by atoms with Crippen LogP contribution in [0.25, 0.3) is 10.9 Å². The fraction of sp³-hybridized carbons (Fsp3) is 0.0526. The van der Waals surface area contributed by atoms with Gasteiger partial charge in [0.05, 0.1) is 11.7 Å². The Labute approximate surface area is 149 Å². The number of aromatic nitrogens is 2. The highest BCUT2D eigenvalue weighted by Crippen LogP contribution is 2.17. The summed E-state index contributed by atoms with van der Waals surface area (Å²) in [5, 5.41) is 22.5. The van der Waals surface area contributed by atoms with Gasteiger partial charge in [0.2, 0.25) is 0 Å². The first kappa shape index (κ1) is 16.9. The third-order valence-electron chi connectivity index (χ3n) is 3.72. The molecule has 0 aliphatic heterocycles. The molecule has 1 aromatic heterocycles. The number of amides is 1. The highest BCUT2D eigenvalue weighted by molar-refractivity contribution is 6.07. The molecule has 0 bridgehead atoms. The van der Waals surface area contributed by atoms with E-state index in [2.05, 4.69) is 20.8 Å². The number of rotatable bonds is 5. The standard InChI is InChI=1S/C19H15N5O2/c1-12(25)13-3-2-4-17(7-13)23-19(26)15(9-20)10-21-16-6-5-14-11-22-24-18(14)8-16/h2-8,10-11,21H,1H3,(H,22,24)(H,23,26)/b15-10-. The third-order valence-corrected chi connectivity index (χ3v) is 3.72. The second-order valence-electron chi connectivity index (χ2n) is 5.58. The number of carbonyl (C=O) groups excluding carboxylic acids is 2. The highest BCUT2D eigenvalue weighted by atomic mass is 16.1. The lowest BCUT2D eigenvalue weighted by molar-refractivity contribution is -0.112. The minimum atomic E-state index is -0.566. The number of aromatic amines is 1. The molecular formula is C19H15N5O2. The predicted molar refractivity (Wildman–Crippen MR) is 98.5 cm³/mol. The van der Waals surface area contributed by atoms with E-state index in [1.54, 1.807) is 30.5 Å². The fourth-order valence-electron chi connectivity index (χ4n) is 2.35. The summed E-state index contributed by atoms with van der Waals surface area (Å²) in [4.78, 5) is 23.7. The van der Waals surface area contributed by atoms with E-state index in [1.807, 2.05) is 24.3 Å². The van der Waals surface area contributed by atoms with Gasteiger partial charge in [-0.1, -0.05) is 12.1 Å². The van der Waals surface area contributed by atoms with Crippen LogP contribution in [0, 0.1) is 11.3 Å². The van der Waals surface area contributed by atoms with Crippen molar-refractivity contribution in [3.63, 3.8) is 0 Å². The molecule has 128 valence electrons. The Bertz CT molecular complexity index is 1060. The number of fused-ring (bicyclic) bond motifs is 1. The van der Waals surface area contributed by atoms with Gasteiger partial charge in [0, 0.05) is 28.5 Å². The van der Waals surface area contributed by atoms with E-state index < -0.39 is 5.91 Å². The van der Waals surface area contributed by atoms with Gasteiger partial charge in [-0.15, -0.1) is 0 Å². The molecular weight excluding hydrogens is 330 g/mol. The topological polar surface area (TPSA) is 111 Å². The van der Waals surface area contributed by atoms with Crippen molar-refractivity contribution in [1.29, 1.82) is 5.26 Å². The second-order valence-corrected chi connectivity index (χ2v) is 5.58. The lowest BCUT2D eigenvalue weighted by atomic mass is 10.1. The van der Waals surface area contributed by atoms with E-state index in [0.717, 1.165) is 10.9 Å². The summed E-state index contributed by atoms with van der Waals surface area (Å²) in [6.45, 7) is 1.45. The predicted octanol–water partition coefficient (Wildman–Crippen LogP) is 3.22. The van der Waals surface area contributed by atoms with Crippen LogP contribution in [0.1, 0.15) is 17.3 Å². The van der Waals surface area contributed by atoms with Gasteiger partial charge in [-0.25, -0.2) is 0 Å². The molecule has 0 unspecified atom stereocenters. The maximum absolute atomic E-state index is 12.3. The Morgan fingerprint density at radius 1 is 1.19 bits per heavy atom. The van der Waals surface area contributed by atoms with Crippen molar-refractivity contribution in [2.75, 3.05) is 10.6 Å². The normalized spacial score (nSPS) is 11.0. The summed E-state index contributed by atoms with van der Waals surface area (Å²) in [7, 11) is 0. The van der Waals surface area contributed by atoms with Gasteiger partial charge in [0.25, 0.3) is 5.91 Å². The third kappa shape index (κ3) is 3.76. The number of hydrogen-bond donors (Lipinski definition) is 3. The van der Waals surface area contributed by atoms with Crippen molar-refractivity contribution in [3.8, 4) is 6.07 Å². The van der Waals surface area contributed by atoms with Crippen LogP contribution in [0.2, 0.25) is 0 Å². The van der Waals surface area contributed by atoms with E-state index in [0.29, 0.717) is 16.9 Å². The zero-order valence-electron chi connectivity index (χ0n) is 13.9. The monoisotopic (exact) mass is 345 g/mol. The van der Waals surface area contributed by atoms with E-state index in [4.69, 9.17) is 0 Å². The zero-order valence-corrected chi connectivity index (χ0v) is 13.9.